The highest BCUT2D eigenvalue weighted by Gasteiger charge is 2.56. The first-order chi connectivity index (χ1) is 5.34. The van der Waals surface area contributed by atoms with Crippen LogP contribution < -0.4 is 0 Å². The van der Waals surface area contributed by atoms with Crippen molar-refractivity contribution in [3.05, 3.63) is 0 Å². The van der Waals surface area contributed by atoms with Crippen LogP contribution in [-0.4, -0.2) is 19.0 Å². The molecule has 11 heavy (non-hydrogen) atoms. The minimum Gasteiger partial charge on any atom is -0.381 e. The average molecular weight is 154 g/mol. The van der Waals surface area contributed by atoms with E-state index in [4.69, 9.17) is 4.74 Å². The Morgan fingerprint density at radius 3 is 2.64 bits per heavy atom. The molecule has 2 aliphatic rings. The van der Waals surface area contributed by atoms with Gasteiger partial charge in [-0.25, -0.2) is 0 Å². The molecule has 0 N–H and O–H groups in total. The zero-order valence-electron chi connectivity index (χ0n) is 6.88. The quantitative estimate of drug-likeness (QED) is 0.611. The summed E-state index contributed by atoms with van der Waals surface area (Å²) in [7, 11) is 0. The number of rotatable bonds is 3. The summed E-state index contributed by atoms with van der Waals surface area (Å²) in [6.45, 7) is 3.74. The SMILES string of the molecule is CCCC(=O)C1C2COCC21. The molecule has 0 aromatic carbocycles. The van der Waals surface area contributed by atoms with Gasteiger partial charge in [-0.2, -0.15) is 0 Å². The summed E-state index contributed by atoms with van der Waals surface area (Å²) in [5.74, 6) is 2.08. The molecular formula is C9H14O2. The van der Waals surface area contributed by atoms with E-state index in [0.717, 1.165) is 26.1 Å². The van der Waals surface area contributed by atoms with Crippen molar-refractivity contribution >= 4 is 5.78 Å². The topological polar surface area (TPSA) is 26.3 Å². The Kier molecular flexibility index (Phi) is 1.72. The van der Waals surface area contributed by atoms with Gasteiger partial charge < -0.3 is 4.74 Å². The second kappa shape index (κ2) is 2.59. The molecule has 0 aromatic rings. The van der Waals surface area contributed by atoms with Crippen LogP contribution in [0.3, 0.4) is 0 Å². The van der Waals surface area contributed by atoms with Crippen molar-refractivity contribution in [1.82, 2.24) is 0 Å². The molecule has 0 amide bonds. The number of ketones is 1. The molecule has 1 aliphatic heterocycles. The third-order valence-electron chi connectivity index (χ3n) is 2.82. The largest absolute Gasteiger partial charge is 0.381 e. The van der Waals surface area contributed by atoms with Gasteiger partial charge in [0.1, 0.15) is 5.78 Å². The van der Waals surface area contributed by atoms with Crippen LogP contribution in [0.15, 0.2) is 0 Å². The molecule has 2 rings (SSSR count). The predicted octanol–water partition coefficient (Wildman–Crippen LogP) is 1.25. The van der Waals surface area contributed by atoms with E-state index in [-0.39, 0.29) is 0 Å². The Bertz CT molecular complexity index is 166. The van der Waals surface area contributed by atoms with Crippen molar-refractivity contribution in [2.45, 2.75) is 19.8 Å². The van der Waals surface area contributed by atoms with Gasteiger partial charge in [0.05, 0.1) is 13.2 Å². The van der Waals surface area contributed by atoms with Crippen molar-refractivity contribution in [3.63, 3.8) is 0 Å². The molecule has 2 unspecified atom stereocenters. The van der Waals surface area contributed by atoms with Gasteiger partial charge in [0.15, 0.2) is 0 Å². The predicted molar refractivity (Wildman–Crippen MR) is 41.2 cm³/mol. The van der Waals surface area contributed by atoms with E-state index in [1.807, 2.05) is 0 Å². The van der Waals surface area contributed by atoms with E-state index in [2.05, 4.69) is 6.92 Å². The number of Topliss-reactive ketones (excluding diaryl/α,β-unsaturated/α-hetero) is 1. The summed E-state index contributed by atoms with van der Waals surface area (Å²) in [6.07, 6.45) is 1.77. The van der Waals surface area contributed by atoms with E-state index in [0.29, 0.717) is 23.5 Å². The van der Waals surface area contributed by atoms with E-state index in [1.54, 1.807) is 0 Å². The lowest BCUT2D eigenvalue weighted by Gasteiger charge is -2.00. The first-order valence-electron chi connectivity index (χ1n) is 4.45. The van der Waals surface area contributed by atoms with Gasteiger partial charge in [-0.1, -0.05) is 6.92 Å². The zero-order valence-corrected chi connectivity index (χ0v) is 6.88. The van der Waals surface area contributed by atoms with Crippen LogP contribution in [0.1, 0.15) is 19.8 Å². The molecule has 1 saturated heterocycles. The maximum Gasteiger partial charge on any atom is 0.136 e. The van der Waals surface area contributed by atoms with Crippen LogP contribution in [0, 0.1) is 17.8 Å². The summed E-state index contributed by atoms with van der Waals surface area (Å²) < 4.78 is 5.21. The lowest BCUT2D eigenvalue weighted by molar-refractivity contribution is -0.121. The highest BCUT2D eigenvalue weighted by molar-refractivity contribution is 5.84. The summed E-state index contributed by atoms with van der Waals surface area (Å²) in [4.78, 5) is 11.4. The molecule has 2 fully saturated rings. The number of ether oxygens (including phenoxy) is 1. The number of carbonyl (C=O) groups excluding carboxylic acids is 1. The first kappa shape index (κ1) is 7.29. The van der Waals surface area contributed by atoms with Crippen molar-refractivity contribution in [1.29, 1.82) is 0 Å². The van der Waals surface area contributed by atoms with Crippen molar-refractivity contribution in [3.8, 4) is 0 Å². The number of fused-ring (bicyclic) bond motifs is 1. The molecule has 1 heterocycles. The number of hydrogen-bond acceptors (Lipinski definition) is 2. The monoisotopic (exact) mass is 154 g/mol. The van der Waals surface area contributed by atoms with Gasteiger partial charge >= 0.3 is 0 Å². The standard InChI is InChI=1S/C9H14O2/c1-2-3-8(10)9-6-4-11-5-7(6)9/h6-7,9H,2-5H2,1H3. The van der Waals surface area contributed by atoms with Gasteiger partial charge in [0, 0.05) is 12.3 Å². The Labute approximate surface area is 66.9 Å². The fourth-order valence-electron chi connectivity index (χ4n) is 2.13. The second-order valence-corrected chi connectivity index (χ2v) is 3.61. The van der Waals surface area contributed by atoms with Crippen LogP contribution in [0.5, 0.6) is 0 Å². The minimum atomic E-state index is 0.392. The van der Waals surface area contributed by atoms with E-state index >= 15 is 0 Å². The normalized spacial score (nSPS) is 40.3. The summed E-state index contributed by atoms with van der Waals surface area (Å²) in [6, 6.07) is 0. The van der Waals surface area contributed by atoms with Crippen LogP contribution in [0.25, 0.3) is 0 Å². The fourth-order valence-corrected chi connectivity index (χ4v) is 2.13. The molecular weight excluding hydrogens is 140 g/mol. The number of carbonyl (C=O) groups is 1. The third kappa shape index (κ3) is 1.09. The van der Waals surface area contributed by atoms with Crippen LogP contribution in [0.2, 0.25) is 0 Å². The Morgan fingerprint density at radius 2 is 2.09 bits per heavy atom. The molecule has 2 nitrogen and oxygen atoms in total. The molecule has 0 bridgehead atoms. The van der Waals surface area contributed by atoms with Gasteiger partial charge in [0.2, 0.25) is 0 Å². The van der Waals surface area contributed by atoms with E-state index in [9.17, 15) is 4.79 Å². The van der Waals surface area contributed by atoms with Gasteiger partial charge in [-0.15, -0.1) is 0 Å². The second-order valence-electron chi connectivity index (χ2n) is 3.61. The highest BCUT2D eigenvalue weighted by Crippen LogP contribution is 2.51. The maximum absolute atomic E-state index is 11.4. The molecule has 0 aromatic heterocycles. The Morgan fingerprint density at radius 1 is 1.45 bits per heavy atom. The average Bonchev–Trinajstić information content (AvgIpc) is 2.47. The lowest BCUT2D eigenvalue weighted by atomic mass is 10.1. The van der Waals surface area contributed by atoms with Crippen LogP contribution in [0.4, 0.5) is 0 Å². The molecule has 2 heteroatoms. The first-order valence-corrected chi connectivity index (χ1v) is 4.45. The van der Waals surface area contributed by atoms with Crippen molar-refractivity contribution < 1.29 is 9.53 Å². The molecule has 0 spiro atoms. The molecule has 62 valence electrons. The van der Waals surface area contributed by atoms with E-state index in [1.165, 1.54) is 0 Å². The van der Waals surface area contributed by atoms with Gasteiger partial charge in [0.25, 0.3) is 0 Å². The maximum atomic E-state index is 11.4. The smallest absolute Gasteiger partial charge is 0.136 e. The van der Waals surface area contributed by atoms with Crippen molar-refractivity contribution in [2.75, 3.05) is 13.2 Å². The molecule has 2 atom stereocenters. The summed E-state index contributed by atoms with van der Waals surface area (Å²) in [5.41, 5.74) is 0. The molecule has 0 radical (unpaired) electrons. The lowest BCUT2D eigenvalue weighted by Crippen LogP contribution is -2.08. The number of hydrogen-bond donors (Lipinski definition) is 0. The molecule has 1 saturated carbocycles. The zero-order chi connectivity index (χ0) is 7.84. The Balaban J connectivity index is 1.85. The fraction of sp³-hybridized carbons (Fsp3) is 0.889. The highest BCUT2D eigenvalue weighted by atomic mass is 16.5. The van der Waals surface area contributed by atoms with E-state index < -0.39 is 0 Å². The van der Waals surface area contributed by atoms with Gasteiger partial charge in [-0.05, 0) is 18.3 Å². The third-order valence-corrected chi connectivity index (χ3v) is 2.82. The van der Waals surface area contributed by atoms with Crippen LogP contribution >= 0.6 is 0 Å². The van der Waals surface area contributed by atoms with Crippen molar-refractivity contribution in [2.24, 2.45) is 17.8 Å². The Hall–Kier alpha value is -0.370. The summed E-state index contributed by atoms with van der Waals surface area (Å²) >= 11 is 0. The minimum absolute atomic E-state index is 0.392. The van der Waals surface area contributed by atoms with Crippen LogP contribution in [-0.2, 0) is 9.53 Å². The molecule has 1 aliphatic carbocycles. The van der Waals surface area contributed by atoms with Gasteiger partial charge in [-0.3, -0.25) is 4.79 Å². The summed E-state index contributed by atoms with van der Waals surface area (Å²) in [5, 5.41) is 0.